The number of hydrogen-bond donors (Lipinski definition) is 2. The molecule has 156 valence electrons. The number of nitrogens with zero attached hydrogens (tertiary/aromatic N) is 1. The van der Waals surface area contributed by atoms with E-state index in [1.165, 1.54) is 11.3 Å². The van der Waals surface area contributed by atoms with Gasteiger partial charge in [-0.1, -0.05) is 35.6 Å². The number of aromatic nitrogens is 1. The van der Waals surface area contributed by atoms with Gasteiger partial charge in [0.1, 0.15) is 5.75 Å². The average Bonchev–Trinajstić information content (AvgIpc) is 3.11. The number of halogens is 1. The summed E-state index contributed by atoms with van der Waals surface area (Å²) in [5.41, 5.74) is 2.01. The van der Waals surface area contributed by atoms with E-state index in [2.05, 4.69) is 15.0 Å². The Hall–Kier alpha value is -1.55. The molecule has 3 aromatic rings. The molecule has 29 heavy (non-hydrogen) atoms. The van der Waals surface area contributed by atoms with Crippen LogP contribution >= 0.6 is 23.7 Å². The molecule has 9 heteroatoms. The van der Waals surface area contributed by atoms with Crippen molar-refractivity contribution in [2.45, 2.75) is 25.3 Å². The maximum atomic E-state index is 11.2. The van der Waals surface area contributed by atoms with Gasteiger partial charge in [0.15, 0.2) is 0 Å². The zero-order valence-corrected chi connectivity index (χ0v) is 18.2. The van der Waals surface area contributed by atoms with Crippen LogP contribution in [0.15, 0.2) is 48.5 Å². The Balaban J connectivity index is 0.00000240. The first-order valence-electron chi connectivity index (χ1n) is 9.36. The molecule has 2 atom stereocenters. The second kappa shape index (κ2) is 10.5. The summed E-state index contributed by atoms with van der Waals surface area (Å²) in [6.07, 6.45) is 2.63. The van der Waals surface area contributed by atoms with Crippen LogP contribution in [0.2, 0.25) is 0 Å². The lowest BCUT2D eigenvalue weighted by atomic mass is 9.87. The van der Waals surface area contributed by atoms with Crippen LogP contribution in [0.25, 0.3) is 10.2 Å². The van der Waals surface area contributed by atoms with E-state index in [4.69, 9.17) is 4.74 Å². The maximum absolute atomic E-state index is 11.2. The summed E-state index contributed by atoms with van der Waals surface area (Å²) >= 11 is -0.747. The predicted molar refractivity (Wildman–Crippen MR) is 119 cm³/mol. The first kappa shape index (κ1) is 22.1. The van der Waals surface area contributed by atoms with Crippen LogP contribution in [0.3, 0.4) is 0 Å². The van der Waals surface area contributed by atoms with Crippen LogP contribution in [-0.2, 0) is 17.7 Å². The molecule has 1 aliphatic rings. The van der Waals surface area contributed by atoms with E-state index in [0.29, 0.717) is 17.5 Å². The minimum absolute atomic E-state index is 0. The van der Waals surface area contributed by atoms with Gasteiger partial charge in [-0.05, 0) is 68.1 Å². The van der Waals surface area contributed by atoms with E-state index in [-0.39, 0.29) is 18.4 Å². The van der Waals surface area contributed by atoms with Crippen molar-refractivity contribution in [3.8, 4) is 10.9 Å². The quantitative estimate of drug-likeness (QED) is 0.532. The van der Waals surface area contributed by atoms with Crippen LogP contribution in [0.1, 0.15) is 18.4 Å². The second-order valence-corrected chi connectivity index (χ2v) is 8.64. The second-order valence-electron chi connectivity index (χ2n) is 6.94. The molecule has 1 fully saturated rings. The van der Waals surface area contributed by atoms with Crippen molar-refractivity contribution >= 4 is 45.2 Å². The highest BCUT2D eigenvalue weighted by molar-refractivity contribution is 7.77. The summed E-state index contributed by atoms with van der Waals surface area (Å²) in [5.74, 6) is 1.07. The molecular weight excluding hydrogens is 430 g/mol. The topological polar surface area (TPSA) is 86.3 Å². The van der Waals surface area contributed by atoms with Crippen LogP contribution in [0.4, 0.5) is 0 Å². The largest absolute Gasteiger partial charge is 0.760 e. The SMILES string of the molecule is Cl.O=S([O-])NC(Cc1ccc(Oc2nc3ccccc3s2)cc1)C1CCNCC1. The number of ether oxygens (including phenoxy) is 1. The van der Waals surface area contributed by atoms with Gasteiger partial charge in [0.05, 0.1) is 10.2 Å². The molecule has 6 nitrogen and oxygen atoms in total. The molecule has 0 spiro atoms. The van der Waals surface area contributed by atoms with Gasteiger partial charge in [0.2, 0.25) is 0 Å². The van der Waals surface area contributed by atoms with Crippen LogP contribution in [0, 0.1) is 5.92 Å². The highest BCUT2D eigenvalue weighted by Gasteiger charge is 2.23. The molecule has 0 saturated carbocycles. The fourth-order valence-electron chi connectivity index (χ4n) is 3.62. The Morgan fingerprint density at radius 1 is 1.21 bits per heavy atom. The first-order chi connectivity index (χ1) is 13.7. The number of nitrogens with one attached hydrogen (secondary N) is 2. The Bertz CT molecular complexity index is 913. The van der Waals surface area contributed by atoms with Gasteiger partial charge >= 0.3 is 0 Å². The molecular formula is C20H23ClN3O3S2-. The minimum atomic E-state index is -2.26. The third kappa shape index (κ3) is 5.97. The molecule has 2 unspecified atom stereocenters. The Labute approximate surface area is 182 Å². The van der Waals surface area contributed by atoms with E-state index in [1.54, 1.807) is 0 Å². The third-order valence-electron chi connectivity index (χ3n) is 5.06. The van der Waals surface area contributed by atoms with Crippen molar-refractivity contribution in [2.75, 3.05) is 13.1 Å². The van der Waals surface area contributed by atoms with E-state index < -0.39 is 11.3 Å². The minimum Gasteiger partial charge on any atom is -0.760 e. The summed E-state index contributed by atoms with van der Waals surface area (Å²) in [7, 11) is 0. The van der Waals surface area contributed by atoms with E-state index in [9.17, 15) is 8.76 Å². The Morgan fingerprint density at radius 2 is 1.93 bits per heavy atom. The summed E-state index contributed by atoms with van der Waals surface area (Å²) in [6, 6.07) is 15.7. The average molecular weight is 453 g/mol. The lowest BCUT2D eigenvalue weighted by molar-refractivity contribution is 0.299. The molecule has 2 heterocycles. The number of rotatable bonds is 7. The van der Waals surface area contributed by atoms with Gasteiger partial charge in [-0.25, -0.2) is 9.71 Å². The van der Waals surface area contributed by atoms with Gasteiger partial charge in [-0.2, -0.15) is 0 Å². The molecule has 2 N–H and O–H groups in total. The van der Waals surface area contributed by atoms with E-state index >= 15 is 0 Å². The standard InChI is InChI=1S/C20H23N3O3S2.ClH/c24-28(25)23-18(15-9-11-21-12-10-15)13-14-5-7-16(8-6-14)26-20-22-17-3-1-2-4-19(17)27-20;/h1-8,15,18,21,23H,9-13H2,(H,24,25);1H/p-1. The molecule has 0 aliphatic carbocycles. The smallest absolute Gasteiger partial charge is 0.279 e. The number of benzene rings is 2. The highest BCUT2D eigenvalue weighted by Crippen LogP contribution is 2.31. The van der Waals surface area contributed by atoms with Crippen molar-refractivity contribution in [3.63, 3.8) is 0 Å². The first-order valence-corrected chi connectivity index (χ1v) is 11.2. The van der Waals surface area contributed by atoms with Crippen molar-refractivity contribution in [3.05, 3.63) is 54.1 Å². The van der Waals surface area contributed by atoms with Gasteiger partial charge in [0.25, 0.3) is 5.19 Å². The molecule has 0 radical (unpaired) electrons. The van der Waals surface area contributed by atoms with Gasteiger partial charge in [-0.15, -0.1) is 12.4 Å². The number of para-hydroxylation sites is 1. The highest BCUT2D eigenvalue weighted by atomic mass is 35.5. The lowest BCUT2D eigenvalue weighted by Crippen LogP contribution is -2.43. The number of hydrogen-bond acceptors (Lipinski definition) is 6. The van der Waals surface area contributed by atoms with Crippen molar-refractivity contribution in [1.82, 2.24) is 15.0 Å². The summed E-state index contributed by atoms with van der Waals surface area (Å²) in [6.45, 7) is 1.87. The molecule has 1 aliphatic heterocycles. The van der Waals surface area contributed by atoms with E-state index in [1.807, 2.05) is 48.5 Å². The van der Waals surface area contributed by atoms with Crippen LogP contribution < -0.4 is 14.8 Å². The van der Waals surface area contributed by atoms with Crippen molar-refractivity contribution in [2.24, 2.45) is 5.92 Å². The molecule has 1 saturated heterocycles. The van der Waals surface area contributed by atoms with Crippen molar-refractivity contribution < 1.29 is 13.5 Å². The maximum Gasteiger partial charge on any atom is 0.279 e. The predicted octanol–water partition coefficient (Wildman–Crippen LogP) is 3.80. The number of fused-ring (bicyclic) bond motifs is 1. The molecule has 4 rings (SSSR count). The zero-order valence-electron chi connectivity index (χ0n) is 15.7. The monoisotopic (exact) mass is 452 g/mol. The molecule has 0 bridgehead atoms. The van der Waals surface area contributed by atoms with Crippen LogP contribution in [0.5, 0.6) is 10.9 Å². The summed E-state index contributed by atoms with van der Waals surface area (Å²) < 4.78 is 32.1. The molecule has 2 aromatic carbocycles. The third-order valence-corrected chi connectivity index (χ3v) is 6.47. The summed E-state index contributed by atoms with van der Waals surface area (Å²) in [5, 5.41) is 3.94. The lowest BCUT2D eigenvalue weighted by Gasteiger charge is -2.32. The molecule has 0 amide bonds. The normalized spacial score (nSPS) is 16.9. The Kier molecular flexibility index (Phi) is 7.99. The van der Waals surface area contributed by atoms with Gasteiger partial charge in [-0.3, -0.25) is 4.21 Å². The molecule has 1 aromatic heterocycles. The van der Waals surface area contributed by atoms with Crippen molar-refractivity contribution in [1.29, 1.82) is 0 Å². The Morgan fingerprint density at radius 3 is 2.62 bits per heavy atom. The van der Waals surface area contributed by atoms with Gasteiger partial charge in [0, 0.05) is 17.3 Å². The van der Waals surface area contributed by atoms with Crippen LogP contribution in [-0.4, -0.2) is 32.9 Å². The van der Waals surface area contributed by atoms with Gasteiger partial charge < -0.3 is 14.6 Å². The zero-order chi connectivity index (χ0) is 19.3. The number of piperidine rings is 1. The van der Waals surface area contributed by atoms with E-state index in [0.717, 1.165) is 47.5 Å². The number of thiazole rings is 1. The fourth-order valence-corrected chi connectivity index (χ4v) is 4.98. The fraction of sp³-hybridized carbons (Fsp3) is 0.350. The summed E-state index contributed by atoms with van der Waals surface area (Å²) in [4.78, 5) is 4.48.